The van der Waals surface area contributed by atoms with Crippen molar-refractivity contribution in [3.05, 3.63) is 47.8 Å². The van der Waals surface area contributed by atoms with Crippen molar-refractivity contribution in [1.82, 2.24) is 15.1 Å². The van der Waals surface area contributed by atoms with Gasteiger partial charge in [-0.15, -0.1) is 0 Å². The van der Waals surface area contributed by atoms with E-state index in [1.165, 1.54) is 5.56 Å². The summed E-state index contributed by atoms with van der Waals surface area (Å²) in [6.07, 6.45) is 3.80. The molecule has 124 valence electrons. The molecule has 0 spiro atoms. The van der Waals surface area contributed by atoms with Gasteiger partial charge in [0.15, 0.2) is 0 Å². The topological polar surface area (TPSA) is 67.2 Å². The molecule has 5 heteroatoms. The summed E-state index contributed by atoms with van der Waals surface area (Å²) in [5.41, 5.74) is 3.36. The van der Waals surface area contributed by atoms with Crippen molar-refractivity contribution < 1.29 is 9.90 Å². The van der Waals surface area contributed by atoms with E-state index in [1.54, 1.807) is 0 Å². The second-order valence-electron chi connectivity index (χ2n) is 6.08. The molecule has 5 nitrogen and oxygen atoms in total. The Morgan fingerprint density at radius 3 is 2.74 bits per heavy atom. The minimum Gasteiger partial charge on any atom is -0.481 e. The summed E-state index contributed by atoms with van der Waals surface area (Å²) in [7, 11) is 0. The Hall–Kier alpha value is -2.14. The molecule has 0 aliphatic rings. The van der Waals surface area contributed by atoms with Gasteiger partial charge >= 0.3 is 5.97 Å². The lowest BCUT2D eigenvalue weighted by molar-refractivity contribution is -0.137. The number of nitrogens with zero attached hydrogens (tertiary/aromatic N) is 2. The molecule has 0 saturated carbocycles. The predicted molar refractivity (Wildman–Crippen MR) is 90.9 cm³/mol. The second kappa shape index (κ2) is 8.48. The van der Waals surface area contributed by atoms with Crippen LogP contribution in [0.2, 0.25) is 0 Å². The Balaban J connectivity index is 1.73. The van der Waals surface area contributed by atoms with Crippen molar-refractivity contribution in [3.8, 4) is 5.69 Å². The molecule has 23 heavy (non-hydrogen) atoms. The number of hydrogen-bond acceptors (Lipinski definition) is 3. The lowest BCUT2D eigenvalue weighted by Crippen LogP contribution is -2.24. The number of aromatic nitrogens is 2. The molecule has 2 rings (SSSR count). The van der Waals surface area contributed by atoms with E-state index >= 15 is 0 Å². The number of rotatable bonds is 9. The van der Waals surface area contributed by atoms with Crippen LogP contribution in [0.15, 0.2) is 36.5 Å². The summed E-state index contributed by atoms with van der Waals surface area (Å²) < 4.78 is 1.89. The van der Waals surface area contributed by atoms with Crippen molar-refractivity contribution in [2.24, 2.45) is 5.92 Å². The Labute approximate surface area is 137 Å². The predicted octanol–water partition coefficient (Wildman–Crippen LogP) is 2.81. The number of carbonyl (C=O) groups is 1. The van der Waals surface area contributed by atoms with Crippen LogP contribution in [0, 0.1) is 12.8 Å². The van der Waals surface area contributed by atoms with E-state index in [1.807, 2.05) is 16.9 Å². The smallest absolute Gasteiger partial charge is 0.303 e. The zero-order chi connectivity index (χ0) is 16.7. The van der Waals surface area contributed by atoms with Gasteiger partial charge in [0.1, 0.15) is 0 Å². The fourth-order valence-electron chi connectivity index (χ4n) is 2.37. The molecule has 0 aliphatic heterocycles. The van der Waals surface area contributed by atoms with Gasteiger partial charge < -0.3 is 10.4 Å². The number of carboxylic acid groups (broad SMARTS) is 1. The molecule has 1 aromatic heterocycles. The largest absolute Gasteiger partial charge is 0.481 e. The minimum atomic E-state index is -0.724. The van der Waals surface area contributed by atoms with Gasteiger partial charge in [0.25, 0.3) is 0 Å². The second-order valence-corrected chi connectivity index (χ2v) is 6.08. The lowest BCUT2D eigenvalue weighted by atomic mass is 10.1. The molecule has 1 unspecified atom stereocenters. The van der Waals surface area contributed by atoms with E-state index in [-0.39, 0.29) is 6.42 Å². The Morgan fingerprint density at radius 2 is 2.04 bits per heavy atom. The van der Waals surface area contributed by atoms with Gasteiger partial charge in [0.05, 0.1) is 11.4 Å². The highest BCUT2D eigenvalue weighted by molar-refractivity contribution is 5.66. The number of aliphatic carboxylic acids is 1. The molecule has 1 atom stereocenters. The molecule has 0 aliphatic carbocycles. The molecule has 0 bridgehead atoms. The van der Waals surface area contributed by atoms with Crippen LogP contribution in [0.25, 0.3) is 5.69 Å². The summed E-state index contributed by atoms with van der Waals surface area (Å²) in [6.45, 7) is 5.83. The SMILES string of the molecule is Cc1ccc(-n2ccc(CCNCC(C)CCC(=O)O)n2)cc1. The molecule has 0 saturated heterocycles. The Morgan fingerprint density at radius 1 is 1.30 bits per heavy atom. The third kappa shape index (κ3) is 5.87. The third-order valence-corrected chi connectivity index (χ3v) is 3.84. The zero-order valence-corrected chi connectivity index (χ0v) is 13.8. The number of nitrogens with one attached hydrogen (secondary N) is 1. The summed E-state index contributed by atoms with van der Waals surface area (Å²) in [5, 5.41) is 16.6. The maximum Gasteiger partial charge on any atom is 0.303 e. The first-order chi connectivity index (χ1) is 11.0. The zero-order valence-electron chi connectivity index (χ0n) is 13.8. The van der Waals surface area contributed by atoms with E-state index in [0.717, 1.165) is 30.9 Å². The molecular formula is C18H25N3O2. The van der Waals surface area contributed by atoms with Crippen LogP contribution in [-0.4, -0.2) is 33.9 Å². The Kier molecular flexibility index (Phi) is 6.35. The summed E-state index contributed by atoms with van der Waals surface area (Å²) in [4.78, 5) is 10.5. The number of benzene rings is 1. The van der Waals surface area contributed by atoms with Crippen LogP contribution in [-0.2, 0) is 11.2 Å². The average Bonchev–Trinajstić information content (AvgIpc) is 2.99. The lowest BCUT2D eigenvalue weighted by Gasteiger charge is -2.10. The highest BCUT2D eigenvalue weighted by Gasteiger charge is 2.06. The first kappa shape index (κ1) is 17.2. The van der Waals surface area contributed by atoms with E-state index in [4.69, 9.17) is 5.11 Å². The maximum absolute atomic E-state index is 10.5. The summed E-state index contributed by atoms with van der Waals surface area (Å²) in [5.74, 6) is -0.352. The van der Waals surface area contributed by atoms with Crippen LogP contribution < -0.4 is 5.32 Å². The van der Waals surface area contributed by atoms with E-state index in [2.05, 4.69) is 48.5 Å². The van der Waals surface area contributed by atoms with Crippen LogP contribution in [0.5, 0.6) is 0 Å². The standard InChI is InChI=1S/C18H25N3O2/c1-14-3-6-17(7-4-14)21-12-10-16(20-21)9-11-19-13-15(2)5-8-18(22)23/h3-4,6-7,10,12,15,19H,5,8-9,11,13H2,1-2H3,(H,22,23). The first-order valence-electron chi connectivity index (χ1n) is 8.08. The normalized spacial score (nSPS) is 12.3. The fraction of sp³-hybridized carbons (Fsp3) is 0.444. The van der Waals surface area contributed by atoms with Crippen molar-refractivity contribution in [1.29, 1.82) is 0 Å². The highest BCUT2D eigenvalue weighted by atomic mass is 16.4. The van der Waals surface area contributed by atoms with Gasteiger partial charge in [-0.05, 0) is 44.0 Å². The monoisotopic (exact) mass is 315 g/mol. The minimum absolute atomic E-state index is 0.240. The molecule has 2 N–H and O–H groups in total. The van der Waals surface area contributed by atoms with Crippen molar-refractivity contribution in [2.75, 3.05) is 13.1 Å². The highest BCUT2D eigenvalue weighted by Crippen LogP contribution is 2.09. The molecule has 2 aromatic rings. The van der Waals surface area contributed by atoms with E-state index in [9.17, 15) is 4.79 Å². The molecule has 1 heterocycles. The summed E-state index contributed by atoms with van der Waals surface area (Å²) in [6, 6.07) is 10.3. The number of hydrogen-bond donors (Lipinski definition) is 2. The average molecular weight is 315 g/mol. The van der Waals surface area contributed by atoms with Gasteiger partial charge in [-0.25, -0.2) is 4.68 Å². The fourth-order valence-corrected chi connectivity index (χ4v) is 2.37. The van der Waals surface area contributed by atoms with Crippen molar-refractivity contribution in [2.45, 2.75) is 33.1 Å². The molecule has 0 fully saturated rings. The first-order valence-corrected chi connectivity index (χ1v) is 8.08. The van der Waals surface area contributed by atoms with Crippen molar-refractivity contribution in [3.63, 3.8) is 0 Å². The van der Waals surface area contributed by atoms with E-state index in [0.29, 0.717) is 12.3 Å². The van der Waals surface area contributed by atoms with Gasteiger partial charge in [0.2, 0.25) is 0 Å². The van der Waals surface area contributed by atoms with Gasteiger partial charge in [-0.3, -0.25) is 4.79 Å². The van der Waals surface area contributed by atoms with Crippen LogP contribution in [0.4, 0.5) is 0 Å². The number of aryl methyl sites for hydroxylation is 1. The summed E-state index contributed by atoms with van der Waals surface area (Å²) >= 11 is 0. The van der Waals surface area contributed by atoms with Crippen LogP contribution >= 0.6 is 0 Å². The molecule has 0 radical (unpaired) electrons. The maximum atomic E-state index is 10.5. The van der Waals surface area contributed by atoms with Crippen molar-refractivity contribution >= 4 is 5.97 Å². The number of carboxylic acids is 1. The van der Waals surface area contributed by atoms with Crippen LogP contribution in [0.3, 0.4) is 0 Å². The van der Waals surface area contributed by atoms with E-state index < -0.39 is 5.97 Å². The van der Waals surface area contributed by atoms with Gasteiger partial charge in [-0.2, -0.15) is 5.10 Å². The van der Waals surface area contributed by atoms with Gasteiger partial charge in [0, 0.05) is 25.6 Å². The third-order valence-electron chi connectivity index (χ3n) is 3.84. The van der Waals surface area contributed by atoms with Gasteiger partial charge in [-0.1, -0.05) is 24.6 Å². The van der Waals surface area contributed by atoms with Crippen LogP contribution in [0.1, 0.15) is 31.0 Å². The molecule has 0 amide bonds. The quantitative estimate of drug-likeness (QED) is 0.698. The molecular weight excluding hydrogens is 290 g/mol. The Bertz CT molecular complexity index is 619. The molecule has 1 aromatic carbocycles.